The molecule has 2 aromatic carbocycles. The number of anilines is 1. The summed E-state index contributed by atoms with van der Waals surface area (Å²) in [5.74, 6) is -2.89. The molecular weight excluding hydrogens is 471 g/mol. The van der Waals surface area contributed by atoms with E-state index in [1.165, 1.54) is 25.1 Å². The quantitative estimate of drug-likeness (QED) is 0.655. The second-order valence-corrected chi connectivity index (χ2v) is 11.2. The van der Waals surface area contributed by atoms with E-state index >= 15 is 0 Å². The lowest BCUT2D eigenvalue weighted by molar-refractivity contribution is -0.142. The van der Waals surface area contributed by atoms with Crippen molar-refractivity contribution in [2.75, 3.05) is 11.6 Å². The number of aliphatic hydroxyl groups is 1. The molecule has 2 atom stereocenters. The summed E-state index contributed by atoms with van der Waals surface area (Å²) in [4.78, 5) is 14.2. The molecule has 4 rings (SSSR count). The number of aliphatic carboxylic acids is 1. The number of rotatable bonds is 5. The van der Waals surface area contributed by atoms with E-state index in [-0.39, 0.29) is 23.2 Å². The molecule has 1 fully saturated rings. The summed E-state index contributed by atoms with van der Waals surface area (Å²) in [6, 6.07) is 5.52. The van der Waals surface area contributed by atoms with Crippen LogP contribution >= 0.6 is 11.6 Å². The highest BCUT2D eigenvalue weighted by atomic mass is 35.5. The number of hydrogen-bond acceptors (Lipinski definition) is 5. The van der Waals surface area contributed by atoms with Crippen LogP contribution in [0, 0.1) is 19.7 Å². The van der Waals surface area contributed by atoms with E-state index in [1.807, 2.05) is 0 Å². The zero-order valence-electron chi connectivity index (χ0n) is 18.5. The Labute approximate surface area is 197 Å². The van der Waals surface area contributed by atoms with E-state index in [1.54, 1.807) is 30.9 Å². The first-order chi connectivity index (χ1) is 15.4. The van der Waals surface area contributed by atoms with Crippen LogP contribution in [0.15, 0.2) is 35.2 Å². The third-order valence-electron chi connectivity index (χ3n) is 6.86. The van der Waals surface area contributed by atoms with Gasteiger partial charge in [0.15, 0.2) is 0 Å². The molecule has 2 aromatic rings. The van der Waals surface area contributed by atoms with Gasteiger partial charge in [-0.25, -0.2) is 12.8 Å². The molecular formula is C23H26ClFN2O5S. The molecule has 7 nitrogen and oxygen atoms in total. The van der Waals surface area contributed by atoms with Gasteiger partial charge in [0, 0.05) is 17.0 Å². The van der Waals surface area contributed by atoms with Gasteiger partial charge in [-0.3, -0.25) is 4.79 Å². The first-order valence-corrected chi connectivity index (χ1v) is 12.5. The van der Waals surface area contributed by atoms with Crippen molar-refractivity contribution in [3.8, 4) is 0 Å². The summed E-state index contributed by atoms with van der Waals surface area (Å²) in [5.41, 5.74) is 1.94. The minimum Gasteiger partial charge on any atom is -0.480 e. The van der Waals surface area contributed by atoms with Gasteiger partial charge in [0.05, 0.1) is 18.5 Å². The number of benzene rings is 2. The molecule has 0 radical (unpaired) electrons. The van der Waals surface area contributed by atoms with Gasteiger partial charge in [-0.05, 0) is 67.6 Å². The summed E-state index contributed by atoms with van der Waals surface area (Å²) < 4.78 is 43.0. The minimum absolute atomic E-state index is 0.0561. The number of halogens is 2. The summed E-state index contributed by atoms with van der Waals surface area (Å²) in [5, 5.41) is 20.3. The average Bonchev–Trinajstić information content (AvgIpc) is 2.70. The Morgan fingerprint density at radius 2 is 1.88 bits per heavy atom. The van der Waals surface area contributed by atoms with Crippen molar-refractivity contribution in [1.82, 2.24) is 4.31 Å². The predicted octanol–water partition coefficient (Wildman–Crippen LogP) is 3.64. The number of aliphatic hydroxyl groups excluding tert-OH is 1. The lowest BCUT2D eigenvalue weighted by Crippen LogP contribution is -2.59. The molecule has 0 aromatic heterocycles. The maximum Gasteiger partial charge on any atom is 0.322 e. The molecule has 1 heterocycles. The number of nitrogens with zero attached hydrogens (tertiary/aromatic N) is 2. The largest absolute Gasteiger partial charge is 0.480 e. The van der Waals surface area contributed by atoms with Crippen molar-refractivity contribution in [3.63, 3.8) is 0 Å². The molecule has 33 heavy (non-hydrogen) atoms. The van der Waals surface area contributed by atoms with Crippen LogP contribution in [-0.2, 0) is 14.8 Å². The third-order valence-corrected chi connectivity index (χ3v) is 8.96. The first-order valence-electron chi connectivity index (χ1n) is 10.7. The number of carboxylic acid groups (broad SMARTS) is 1. The fourth-order valence-corrected chi connectivity index (χ4v) is 6.78. The van der Waals surface area contributed by atoms with E-state index in [9.17, 15) is 27.8 Å². The highest BCUT2D eigenvalue weighted by Crippen LogP contribution is 2.43. The van der Waals surface area contributed by atoms with Crippen molar-refractivity contribution in [1.29, 1.82) is 0 Å². The zero-order valence-corrected chi connectivity index (χ0v) is 20.1. The zero-order chi connectivity index (χ0) is 24.2. The Bertz CT molecular complexity index is 1220. The normalized spacial score (nSPS) is 24.0. The van der Waals surface area contributed by atoms with E-state index in [2.05, 4.69) is 0 Å². The van der Waals surface area contributed by atoms with E-state index in [0.717, 1.165) is 9.87 Å². The van der Waals surface area contributed by atoms with Crippen LogP contribution < -0.4 is 4.90 Å². The standard InChI is InChI=1S/C23H26ClFN2O5S/c1-12-4-6-18(25)21(13(12)2)14(3)22(23(29)30)27-11-26(16-9-17(28)10-16)19-8-15(24)5-7-20(19)33(27,31)32/h4-8,14,16-17,22,28H,9-11H2,1-3H3,(H,29,30)/t14-,16?,17?,22+/m1/s1. The minimum atomic E-state index is -4.23. The number of carboxylic acids is 1. The summed E-state index contributed by atoms with van der Waals surface area (Å²) in [7, 11) is -4.23. The van der Waals surface area contributed by atoms with Gasteiger partial charge in [-0.15, -0.1) is 0 Å². The second kappa shape index (κ2) is 8.54. The topological polar surface area (TPSA) is 98.2 Å². The summed E-state index contributed by atoms with van der Waals surface area (Å²) >= 11 is 6.14. The SMILES string of the molecule is Cc1ccc(F)c([C@@H](C)[C@@H](C(=O)O)N2CN(C3CC(O)C3)c3cc(Cl)ccc3S2(=O)=O)c1C. The number of carbonyl (C=O) groups is 1. The Balaban J connectivity index is 1.84. The van der Waals surface area contributed by atoms with Crippen LogP contribution in [0.3, 0.4) is 0 Å². The Kier molecular flexibility index (Phi) is 6.20. The molecule has 178 valence electrons. The maximum absolute atomic E-state index is 14.8. The fourth-order valence-electron chi connectivity index (χ4n) is 4.83. The molecule has 0 saturated heterocycles. The maximum atomic E-state index is 14.8. The number of fused-ring (bicyclic) bond motifs is 1. The molecule has 0 unspecified atom stereocenters. The van der Waals surface area contributed by atoms with Crippen molar-refractivity contribution in [2.45, 2.75) is 62.6 Å². The van der Waals surface area contributed by atoms with Gasteiger partial charge < -0.3 is 15.1 Å². The number of aryl methyl sites for hydroxylation is 1. The van der Waals surface area contributed by atoms with Crippen LogP contribution in [-0.4, -0.2) is 53.8 Å². The molecule has 2 N–H and O–H groups in total. The lowest BCUT2D eigenvalue weighted by Gasteiger charge is -2.48. The van der Waals surface area contributed by atoms with Gasteiger partial charge >= 0.3 is 5.97 Å². The van der Waals surface area contributed by atoms with Crippen molar-refractivity contribution < 1.29 is 27.8 Å². The monoisotopic (exact) mass is 496 g/mol. The number of sulfonamides is 1. The highest BCUT2D eigenvalue weighted by Gasteiger charge is 2.48. The molecule has 1 aliphatic carbocycles. The highest BCUT2D eigenvalue weighted by molar-refractivity contribution is 7.89. The Hall–Kier alpha value is -2.20. The molecule has 0 spiro atoms. The Morgan fingerprint density at radius 1 is 1.21 bits per heavy atom. The molecule has 1 saturated carbocycles. The lowest BCUT2D eigenvalue weighted by atomic mass is 9.87. The molecule has 2 aliphatic rings. The van der Waals surface area contributed by atoms with Gasteiger partial charge in [0.25, 0.3) is 0 Å². The average molecular weight is 497 g/mol. The fraction of sp³-hybridized carbons (Fsp3) is 0.435. The van der Waals surface area contributed by atoms with Crippen LogP contribution in [0.1, 0.15) is 42.4 Å². The van der Waals surface area contributed by atoms with E-state index in [0.29, 0.717) is 29.1 Å². The van der Waals surface area contributed by atoms with E-state index < -0.39 is 39.9 Å². The van der Waals surface area contributed by atoms with Crippen LogP contribution in [0.5, 0.6) is 0 Å². The van der Waals surface area contributed by atoms with E-state index in [4.69, 9.17) is 11.6 Å². The van der Waals surface area contributed by atoms with Gasteiger partial charge in [-0.2, -0.15) is 4.31 Å². The summed E-state index contributed by atoms with van der Waals surface area (Å²) in [6.07, 6.45) is 0.361. The smallest absolute Gasteiger partial charge is 0.322 e. The molecule has 0 amide bonds. The second-order valence-electron chi connectivity index (χ2n) is 8.87. The predicted molar refractivity (Wildman–Crippen MR) is 123 cm³/mol. The van der Waals surface area contributed by atoms with Crippen molar-refractivity contribution >= 4 is 33.3 Å². The Morgan fingerprint density at radius 3 is 2.48 bits per heavy atom. The first kappa shape index (κ1) is 23.9. The van der Waals surface area contributed by atoms with Crippen LogP contribution in [0.2, 0.25) is 5.02 Å². The van der Waals surface area contributed by atoms with Crippen molar-refractivity contribution in [2.24, 2.45) is 0 Å². The third kappa shape index (κ3) is 4.01. The van der Waals surface area contributed by atoms with Gasteiger partial charge in [0.2, 0.25) is 10.0 Å². The van der Waals surface area contributed by atoms with Crippen LogP contribution in [0.4, 0.5) is 10.1 Å². The van der Waals surface area contributed by atoms with Crippen LogP contribution in [0.25, 0.3) is 0 Å². The molecule has 10 heteroatoms. The molecule has 1 aliphatic heterocycles. The number of hydrogen-bond donors (Lipinski definition) is 2. The molecule has 0 bridgehead atoms. The van der Waals surface area contributed by atoms with Gasteiger partial charge in [0.1, 0.15) is 16.8 Å². The summed E-state index contributed by atoms with van der Waals surface area (Å²) in [6.45, 7) is 4.80. The van der Waals surface area contributed by atoms with Gasteiger partial charge in [-0.1, -0.05) is 24.6 Å². The van der Waals surface area contributed by atoms with Crippen molar-refractivity contribution in [3.05, 3.63) is 57.9 Å².